The summed E-state index contributed by atoms with van der Waals surface area (Å²) in [6.45, 7) is 9.72. The summed E-state index contributed by atoms with van der Waals surface area (Å²) < 4.78 is 5.28. The summed E-state index contributed by atoms with van der Waals surface area (Å²) in [5, 5.41) is 0. The van der Waals surface area contributed by atoms with Crippen molar-refractivity contribution in [3.05, 3.63) is 0 Å². The molecule has 0 unspecified atom stereocenters. The van der Waals surface area contributed by atoms with Crippen LogP contribution in [0.25, 0.3) is 0 Å². The fourth-order valence-electron chi connectivity index (χ4n) is 3.17. The molecule has 1 aliphatic carbocycles. The molecule has 2 heteroatoms. The maximum absolute atomic E-state index is 5.73. The van der Waals surface area contributed by atoms with Crippen molar-refractivity contribution >= 4 is 0 Å². The number of nitrogens with two attached hydrogens (primary N) is 1. The van der Waals surface area contributed by atoms with E-state index in [1.165, 1.54) is 0 Å². The first-order valence-corrected chi connectivity index (χ1v) is 4.80. The standard InChI is InChI=1S/C10H19NO/c1-9(2)7(4-11)8(9)10(3)5-12-6-10/h7-8H,4-6,11H2,1-3H3/t7-,8-/m0/s1. The summed E-state index contributed by atoms with van der Waals surface area (Å²) in [5.41, 5.74) is 6.64. The lowest BCUT2D eigenvalue weighted by Crippen LogP contribution is -2.43. The molecule has 2 nitrogen and oxygen atoms in total. The Hall–Kier alpha value is -0.0800. The third-order valence-corrected chi connectivity index (χ3v) is 3.92. The fourth-order valence-corrected chi connectivity index (χ4v) is 3.17. The van der Waals surface area contributed by atoms with Crippen LogP contribution in [0.2, 0.25) is 0 Å². The lowest BCUT2D eigenvalue weighted by atomic mass is 9.79. The Bertz CT molecular complexity index is 196. The molecule has 0 amide bonds. The zero-order valence-corrected chi connectivity index (χ0v) is 8.26. The first-order chi connectivity index (χ1) is 5.52. The van der Waals surface area contributed by atoms with Crippen molar-refractivity contribution in [2.24, 2.45) is 28.4 Å². The van der Waals surface area contributed by atoms with Crippen LogP contribution in [0.5, 0.6) is 0 Å². The minimum atomic E-state index is 0.438. The Morgan fingerprint density at radius 2 is 1.92 bits per heavy atom. The Morgan fingerprint density at radius 1 is 1.33 bits per heavy atom. The normalized spacial score (nSPS) is 42.0. The molecule has 0 bridgehead atoms. The second-order valence-electron chi connectivity index (χ2n) is 5.29. The summed E-state index contributed by atoms with van der Waals surface area (Å²) >= 11 is 0. The van der Waals surface area contributed by atoms with Gasteiger partial charge in [0.15, 0.2) is 0 Å². The highest BCUT2D eigenvalue weighted by molar-refractivity contribution is 5.13. The monoisotopic (exact) mass is 169 g/mol. The van der Waals surface area contributed by atoms with E-state index in [1.54, 1.807) is 0 Å². The molecule has 0 aromatic rings. The predicted octanol–water partition coefficient (Wildman–Crippen LogP) is 1.25. The third kappa shape index (κ3) is 0.882. The molecule has 2 rings (SSSR count). The van der Waals surface area contributed by atoms with Crippen LogP contribution in [0.1, 0.15) is 20.8 Å². The van der Waals surface area contributed by atoms with Crippen LogP contribution >= 0.6 is 0 Å². The van der Waals surface area contributed by atoms with Gasteiger partial charge in [0, 0.05) is 5.41 Å². The Kier molecular flexibility index (Phi) is 1.59. The molecule has 1 heterocycles. The molecule has 12 heavy (non-hydrogen) atoms. The number of hydrogen-bond acceptors (Lipinski definition) is 2. The van der Waals surface area contributed by atoms with Crippen molar-refractivity contribution in [1.82, 2.24) is 0 Å². The molecular formula is C10H19NO. The summed E-state index contributed by atoms with van der Waals surface area (Å²) in [6, 6.07) is 0. The minimum absolute atomic E-state index is 0.438. The van der Waals surface area contributed by atoms with Gasteiger partial charge in [0.1, 0.15) is 0 Å². The lowest BCUT2D eigenvalue weighted by Gasteiger charge is -2.40. The van der Waals surface area contributed by atoms with Gasteiger partial charge < -0.3 is 10.5 Å². The zero-order valence-electron chi connectivity index (χ0n) is 8.26. The maximum atomic E-state index is 5.73. The van der Waals surface area contributed by atoms with Crippen molar-refractivity contribution in [2.45, 2.75) is 20.8 Å². The molecule has 1 saturated carbocycles. The molecule has 0 aromatic heterocycles. The van der Waals surface area contributed by atoms with Gasteiger partial charge in [-0.3, -0.25) is 0 Å². The number of hydrogen-bond donors (Lipinski definition) is 1. The van der Waals surface area contributed by atoms with Gasteiger partial charge >= 0.3 is 0 Å². The van der Waals surface area contributed by atoms with Gasteiger partial charge in [-0.1, -0.05) is 20.8 Å². The average molecular weight is 169 g/mol. The van der Waals surface area contributed by atoms with E-state index in [9.17, 15) is 0 Å². The quantitative estimate of drug-likeness (QED) is 0.675. The van der Waals surface area contributed by atoms with Crippen LogP contribution < -0.4 is 5.73 Å². The molecule has 70 valence electrons. The second-order valence-corrected chi connectivity index (χ2v) is 5.29. The van der Waals surface area contributed by atoms with Gasteiger partial charge in [0.2, 0.25) is 0 Å². The van der Waals surface area contributed by atoms with Crippen LogP contribution in [0, 0.1) is 22.7 Å². The van der Waals surface area contributed by atoms with Gasteiger partial charge in [-0.05, 0) is 23.8 Å². The lowest BCUT2D eigenvalue weighted by molar-refractivity contribution is -0.121. The topological polar surface area (TPSA) is 35.2 Å². The summed E-state index contributed by atoms with van der Waals surface area (Å²) in [4.78, 5) is 0. The predicted molar refractivity (Wildman–Crippen MR) is 48.7 cm³/mol. The highest BCUT2D eigenvalue weighted by atomic mass is 16.5. The van der Waals surface area contributed by atoms with E-state index in [-0.39, 0.29) is 0 Å². The smallest absolute Gasteiger partial charge is 0.0545 e. The molecule has 2 N–H and O–H groups in total. The third-order valence-electron chi connectivity index (χ3n) is 3.92. The highest BCUT2D eigenvalue weighted by Crippen LogP contribution is 2.66. The van der Waals surface area contributed by atoms with Crippen molar-refractivity contribution in [2.75, 3.05) is 19.8 Å². The molecular weight excluding hydrogens is 150 g/mol. The van der Waals surface area contributed by atoms with E-state index in [1.807, 2.05) is 0 Å². The Balaban J connectivity index is 2.07. The van der Waals surface area contributed by atoms with Crippen LogP contribution in [-0.4, -0.2) is 19.8 Å². The fraction of sp³-hybridized carbons (Fsp3) is 1.00. The first-order valence-electron chi connectivity index (χ1n) is 4.80. The largest absolute Gasteiger partial charge is 0.380 e. The van der Waals surface area contributed by atoms with Crippen molar-refractivity contribution in [3.8, 4) is 0 Å². The van der Waals surface area contributed by atoms with Crippen LogP contribution in [0.3, 0.4) is 0 Å². The van der Waals surface area contributed by atoms with Crippen molar-refractivity contribution in [3.63, 3.8) is 0 Å². The highest BCUT2D eigenvalue weighted by Gasteiger charge is 2.65. The van der Waals surface area contributed by atoms with E-state index in [2.05, 4.69) is 20.8 Å². The second kappa shape index (κ2) is 2.24. The summed E-state index contributed by atoms with van der Waals surface area (Å²) in [5.74, 6) is 1.52. The molecule has 2 atom stereocenters. The van der Waals surface area contributed by atoms with E-state index in [0.717, 1.165) is 31.6 Å². The van der Waals surface area contributed by atoms with Crippen LogP contribution in [-0.2, 0) is 4.74 Å². The molecule has 0 radical (unpaired) electrons. The molecule has 0 aromatic carbocycles. The molecule has 2 aliphatic rings. The molecule has 1 saturated heterocycles. The summed E-state index contributed by atoms with van der Waals surface area (Å²) in [7, 11) is 0. The van der Waals surface area contributed by atoms with E-state index < -0.39 is 0 Å². The van der Waals surface area contributed by atoms with E-state index in [4.69, 9.17) is 10.5 Å². The Morgan fingerprint density at radius 3 is 2.17 bits per heavy atom. The molecule has 2 fully saturated rings. The van der Waals surface area contributed by atoms with Crippen molar-refractivity contribution in [1.29, 1.82) is 0 Å². The SMILES string of the molecule is CC1([C@H]2[C@H](CN)C2(C)C)COC1. The van der Waals surface area contributed by atoms with Gasteiger partial charge in [-0.15, -0.1) is 0 Å². The Labute approximate surface area is 74.5 Å². The summed E-state index contributed by atoms with van der Waals surface area (Å²) in [6.07, 6.45) is 0. The van der Waals surface area contributed by atoms with Crippen LogP contribution in [0.4, 0.5) is 0 Å². The van der Waals surface area contributed by atoms with E-state index in [0.29, 0.717) is 10.8 Å². The van der Waals surface area contributed by atoms with Gasteiger partial charge in [0.05, 0.1) is 13.2 Å². The van der Waals surface area contributed by atoms with E-state index >= 15 is 0 Å². The first kappa shape index (κ1) is 8.52. The average Bonchev–Trinajstić information content (AvgIpc) is 2.48. The zero-order chi connectivity index (χ0) is 8.98. The number of ether oxygens (including phenoxy) is 1. The maximum Gasteiger partial charge on any atom is 0.0545 e. The van der Waals surface area contributed by atoms with Crippen LogP contribution in [0.15, 0.2) is 0 Å². The number of rotatable bonds is 2. The molecule has 0 spiro atoms. The van der Waals surface area contributed by atoms with Gasteiger partial charge in [-0.25, -0.2) is 0 Å². The van der Waals surface area contributed by atoms with Gasteiger partial charge in [-0.2, -0.15) is 0 Å². The minimum Gasteiger partial charge on any atom is -0.380 e. The molecule has 1 aliphatic heterocycles. The van der Waals surface area contributed by atoms with Crippen molar-refractivity contribution < 1.29 is 4.74 Å². The van der Waals surface area contributed by atoms with Gasteiger partial charge in [0.25, 0.3) is 0 Å².